The molecule has 2 aromatic carbocycles. The van der Waals surface area contributed by atoms with Crippen LogP contribution in [0.2, 0.25) is 0 Å². The summed E-state index contributed by atoms with van der Waals surface area (Å²) in [4.78, 5) is 17.7. The standard InChI is InChI=1S/C21H26F2N4O/c1-24-21(26-13-11-16-7-5-9-18(22)19(16)23)25-12-10-15-6-4-8-17(14-15)20(28)27(2)3/h4-9,14H,10-13H2,1-3H3,(H2,24,25,26). The normalized spacial score (nSPS) is 11.2. The molecule has 2 rings (SSSR count). The minimum Gasteiger partial charge on any atom is -0.356 e. The first-order chi connectivity index (χ1) is 13.4. The molecule has 0 aliphatic rings. The minimum absolute atomic E-state index is 0.0307. The molecule has 0 atom stereocenters. The van der Waals surface area contributed by atoms with Crippen LogP contribution in [0.15, 0.2) is 47.5 Å². The molecule has 0 radical (unpaired) electrons. The Kier molecular flexibility index (Phi) is 7.92. The summed E-state index contributed by atoms with van der Waals surface area (Å²) in [5.41, 5.74) is 2.02. The second kappa shape index (κ2) is 10.4. The Balaban J connectivity index is 1.80. The van der Waals surface area contributed by atoms with Crippen LogP contribution in [0, 0.1) is 11.6 Å². The predicted octanol–water partition coefficient (Wildman–Crippen LogP) is 2.62. The molecule has 0 aromatic heterocycles. The molecule has 0 aliphatic carbocycles. The Morgan fingerprint density at radius 2 is 1.71 bits per heavy atom. The Labute approximate surface area is 164 Å². The third kappa shape index (κ3) is 6.04. The number of hydrogen-bond donors (Lipinski definition) is 2. The lowest BCUT2D eigenvalue weighted by Gasteiger charge is -2.13. The van der Waals surface area contributed by atoms with Gasteiger partial charge in [-0.3, -0.25) is 9.79 Å². The molecule has 5 nitrogen and oxygen atoms in total. The zero-order valence-electron chi connectivity index (χ0n) is 16.4. The van der Waals surface area contributed by atoms with E-state index in [4.69, 9.17) is 0 Å². The molecule has 0 bridgehead atoms. The van der Waals surface area contributed by atoms with E-state index in [2.05, 4.69) is 15.6 Å². The smallest absolute Gasteiger partial charge is 0.253 e. The Morgan fingerprint density at radius 3 is 2.39 bits per heavy atom. The molecule has 0 heterocycles. The van der Waals surface area contributed by atoms with Gasteiger partial charge in [-0.1, -0.05) is 24.3 Å². The molecule has 2 N–H and O–H groups in total. The van der Waals surface area contributed by atoms with Crippen molar-refractivity contribution in [2.75, 3.05) is 34.2 Å². The molecule has 0 spiro atoms. The SMILES string of the molecule is CN=C(NCCc1cccc(C(=O)N(C)C)c1)NCCc1cccc(F)c1F. The van der Waals surface area contributed by atoms with Gasteiger partial charge in [0.15, 0.2) is 17.6 Å². The summed E-state index contributed by atoms with van der Waals surface area (Å²) in [6.45, 7) is 1.04. The lowest BCUT2D eigenvalue weighted by Crippen LogP contribution is -2.39. The van der Waals surface area contributed by atoms with Crippen LogP contribution in [0.1, 0.15) is 21.5 Å². The fraction of sp³-hybridized carbons (Fsp3) is 0.333. The van der Waals surface area contributed by atoms with Gasteiger partial charge in [-0.05, 0) is 42.2 Å². The van der Waals surface area contributed by atoms with Crippen molar-refractivity contribution in [1.82, 2.24) is 15.5 Å². The molecule has 2 aromatic rings. The zero-order chi connectivity index (χ0) is 20.5. The first-order valence-electron chi connectivity index (χ1n) is 9.10. The number of nitrogens with one attached hydrogen (secondary N) is 2. The largest absolute Gasteiger partial charge is 0.356 e. The molecule has 0 fully saturated rings. The third-order valence-electron chi connectivity index (χ3n) is 4.23. The van der Waals surface area contributed by atoms with Gasteiger partial charge in [0.25, 0.3) is 5.91 Å². The van der Waals surface area contributed by atoms with Crippen molar-refractivity contribution in [1.29, 1.82) is 0 Å². The summed E-state index contributed by atoms with van der Waals surface area (Å²) in [5.74, 6) is -1.09. The van der Waals surface area contributed by atoms with Crippen LogP contribution in [0.4, 0.5) is 8.78 Å². The second-order valence-corrected chi connectivity index (χ2v) is 6.54. The maximum atomic E-state index is 13.7. The van der Waals surface area contributed by atoms with E-state index in [1.807, 2.05) is 18.2 Å². The predicted molar refractivity (Wildman–Crippen MR) is 108 cm³/mol. The molecule has 28 heavy (non-hydrogen) atoms. The van der Waals surface area contributed by atoms with Gasteiger partial charge in [-0.25, -0.2) is 8.78 Å². The fourth-order valence-electron chi connectivity index (χ4n) is 2.72. The number of carbonyl (C=O) groups excluding carboxylic acids is 1. The summed E-state index contributed by atoms with van der Waals surface area (Å²) in [7, 11) is 5.10. The quantitative estimate of drug-likeness (QED) is 0.566. The van der Waals surface area contributed by atoms with E-state index < -0.39 is 11.6 Å². The van der Waals surface area contributed by atoms with E-state index >= 15 is 0 Å². The van der Waals surface area contributed by atoms with Gasteiger partial charge < -0.3 is 15.5 Å². The summed E-state index contributed by atoms with van der Waals surface area (Å²) in [6.07, 6.45) is 1.06. The summed E-state index contributed by atoms with van der Waals surface area (Å²) >= 11 is 0. The highest BCUT2D eigenvalue weighted by molar-refractivity contribution is 5.94. The van der Waals surface area contributed by atoms with Crippen molar-refractivity contribution < 1.29 is 13.6 Å². The number of nitrogens with zero attached hydrogens (tertiary/aromatic N) is 2. The Hall–Kier alpha value is -2.96. The van der Waals surface area contributed by atoms with Gasteiger partial charge >= 0.3 is 0 Å². The van der Waals surface area contributed by atoms with E-state index in [0.717, 1.165) is 11.6 Å². The number of guanidine groups is 1. The molecular formula is C21H26F2N4O. The summed E-state index contributed by atoms with van der Waals surface area (Å²) in [6, 6.07) is 11.7. The number of rotatable bonds is 7. The van der Waals surface area contributed by atoms with Crippen LogP contribution >= 0.6 is 0 Å². The lowest BCUT2D eigenvalue weighted by molar-refractivity contribution is 0.0827. The van der Waals surface area contributed by atoms with Crippen molar-refractivity contribution in [3.05, 3.63) is 70.8 Å². The molecule has 0 unspecified atom stereocenters. The van der Waals surface area contributed by atoms with E-state index in [1.165, 1.54) is 6.07 Å². The van der Waals surface area contributed by atoms with Crippen molar-refractivity contribution in [2.24, 2.45) is 4.99 Å². The van der Waals surface area contributed by atoms with Crippen molar-refractivity contribution >= 4 is 11.9 Å². The summed E-state index contributed by atoms with van der Waals surface area (Å²) in [5, 5.41) is 6.26. The van der Waals surface area contributed by atoms with E-state index in [1.54, 1.807) is 38.2 Å². The number of benzene rings is 2. The van der Waals surface area contributed by atoms with Gasteiger partial charge in [-0.15, -0.1) is 0 Å². The van der Waals surface area contributed by atoms with Crippen LogP contribution in [0.5, 0.6) is 0 Å². The van der Waals surface area contributed by atoms with Crippen molar-refractivity contribution in [3.63, 3.8) is 0 Å². The second-order valence-electron chi connectivity index (χ2n) is 6.54. The van der Waals surface area contributed by atoms with Gasteiger partial charge in [0.1, 0.15) is 0 Å². The number of hydrogen-bond acceptors (Lipinski definition) is 2. The average Bonchev–Trinajstić information content (AvgIpc) is 2.69. The molecule has 1 amide bonds. The Morgan fingerprint density at radius 1 is 1.04 bits per heavy atom. The lowest BCUT2D eigenvalue weighted by atomic mass is 10.1. The van der Waals surface area contributed by atoms with Gasteiger partial charge in [0.2, 0.25) is 0 Å². The van der Waals surface area contributed by atoms with Crippen LogP contribution < -0.4 is 10.6 Å². The number of amides is 1. The molecule has 7 heteroatoms. The van der Waals surface area contributed by atoms with Gasteiger partial charge in [-0.2, -0.15) is 0 Å². The van der Waals surface area contributed by atoms with Gasteiger partial charge in [0, 0.05) is 39.8 Å². The highest BCUT2D eigenvalue weighted by Crippen LogP contribution is 2.11. The third-order valence-corrected chi connectivity index (χ3v) is 4.23. The Bertz CT molecular complexity index is 837. The van der Waals surface area contributed by atoms with Crippen molar-refractivity contribution in [2.45, 2.75) is 12.8 Å². The average molecular weight is 388 g/mol. The van der Waals surface area contributed by atoms with Crippen LogP contribution in [-0.4, -0.2) is 51.0 Å². The van der Waals surface area contributed by atoms with E-state index in [9.17, 15) is 13.6 Å². The van der Waals surface area contributed by atoms with Crippen LogP contribution in [-0.2, 0) is 12.8 Å². The minimum atomic E-state index is -0.838. The molecule has 0 saturated carbocycles. The fourth-order valence-corrected chi connectivity index (χ4v) is 2.72. The van der Waals surface area contributed by atoms with Gasteiger partial charge in [0.05, 0.1) is 0 Å². The van der Waals surface area contributed by atoms with Crippen LogP contribution in [0.3, 0.4) is 0 Å². The topological polar surface area (TPSA) is 56.7 Å². The van der Waals surface area contributed by atoms with E-state index in [-0.39, 0.29) is 5.91 Å². The number of carbonyl (C=O) groups is 1. The summed E-state index contributed by atoms with van der Waals surface area (Å²) < 4.78 is 26.9. The van der Waals surface area contributed by atoms with E-state index in [0.29, 0.717) is 43.0 Å². The maximum absolute atomic E-state index is 13.7. The number of aliphatic imine (C=N–C) groups is 1. The van der Waals surface area contributed by atoms with Crippen molar-refractivity contribution in [3.8, 4) is 0 Å². The molecule has 150 valence electrons. The highest BCUT2D eigenvalue weighted by Gasteiger charge is 2.09. The highest BCUT2D eigenvalue weighted by atomic mass is 19.2. The molecule has 0 saturated heterocycles. The first-order valence-corrected chi connectivity index (χ1v) is 9.10. The van der Waals surface area contributed by atoms with Crippen LogP contribution in [0.25, 0.3) is 0 Å². The number of halogens is 2. The zero-order valence-corrected chi connectivity index (χ0v) is 16.4. The maximum Gasteiger partial charge on any atom is 0.253 e. The monoisotopic (exact) mass is 388 g/mol. The molecule has 0 aliphatic heterocycles. The first kappa shape index (κ1) is 21.3. The molecular weight excluding hydrogens is 362 g/mol.